The Labute approximate surface area is 128 Å². The average molecular weight is 303 g/mol. The molecule has 1 amide bonds. The third-order valence-electron chi connectivity index (χ3n) is 2.74. The van der Waals surface area contributed by atoms with Crippen LogP contribution in [0.5, 0.6) is 5.75 Å². The largest absolute Gasteiger partial charge is 0.482 e. The van der Waals surface area contributed by atoms with Gasteiger partial charge in [-0.25, -0.2) is 5.43 Å². The van der Waals surface area contributed by atoms with Gasteiger partial charge >= 0.3 is 0 Å². The maximum absolute atomic E-state index is 11.7. The number of amides is 1. The SMILES string of the molecule is CC(=NNC(=O)COc1ccccc1Cl)c1ccccc1. The van der Waals surface area contributed by atoms with Crippen LogP contribution in [0, 0.1) is 0 Å². The van der Waals surface area contributed by atoms with Crippen LogP contribution in [-0.2, 0) is 4.79 Å². The molecule has 0 saturated heterocycles. The van der Waals surface area contributed by atoms with Gasteiger partial charge in [0, 0.05) is 0 Å². The number of rotatable bonds is 5. The molecular formula is C16H15ClN2O2. The van der Waals surface area contributed by atoms with E-state index in [9.17, 15) is 4.79 Å². The predicted octanol–water partition coefficient (Wildman–Crippen LogP) is 3.26. The number of benzene rings is 2. The molecule has 4 nitrogen and oxygen atoms in total. The number of hydrogen-bond acceptors (Lipinski definition) is 3. The highest BCUT2D eigenvalue weighted by Crippen LogP contribution is 2.22. The first-order valence-corrected chi connectivity index (χ1v) is 6.80. The van der Waals surface area contributed by atoms with Gasteiger partial charge in [-0.05, 0) is 24.6 Å². The van der Waals surface area contributed by atoms with Crippen molar-refractivity contribution in [1.29, 1.82) is 0 Å². The Morgan fingerprint density at radius 2 is 1.81 bits per heavy atom. The Bertz CT molecular complexity index is 642. The highest BCUT2D eigenvalue weighted by Gasteiger charge is 2.05. The fourth-order valence-corrected chi connectivity index (χ4v) is 1.82. The number of carbonyl (C=O) groups is 1. The van der Waals surface area contributed by atoms with Crippen LogP contribution >= 0.6 is 11.6 Å². The van der Waals surface area contributed by atoms with Gasteiger partial charge in [-0.2, -0.15) is 5.10 Å². The minimum atomic E-state index is -0.342. The van der Waals surface area contributed by atoms with Crippen LogP contribution < -0.4 is 10.2 Å². The minimum absolute atomic E-state index is 0.144. The quantitative estimate of drug-likeness (QED) is 0.681. The van der Waals surface area contributed by atoms with E-state index in [1.807, 2.05) is 37.3 Å². The zero-order valence-electron chi connectivity index (χ0n) is 11.5. The number of hydrogen-bond donors (Lipinski definition) is 1. The number of carbonyl (C=O) groups excluding carboxylic acids is 1. The summed E-state index contributed by atoms with van der Waals surface area (Å²) in [5.41, 5.74) is 4.12. The average Bonchev–Trinajstić information content (AvgIpc) is 2.52. The Kier molecular flexibility index (Phi) is 5.35. The lowest BCUT2D eigenvalue weighted by Crippen LogP contribution is -2.25. The molecular weight excluding hydrogens is 288 g/mol. The Hall–Kier alpha value is -2.33. The van der Waals surface area contributed by atoms with E-state index in [4.69, 9.17) is 16.3 Å². The highest BCUT2D eigenvalue weighted by molar-refractivity contribution is 6.32. The normalized spacial score (nSPS) is 11.0. The van der Waals surface area contributed by atoms with Crippen molar-refractivity contribution in [2.45, 2.75) is 6.92 Å². The van der Waals surface area contributed by atoms with E-state index >= 15 is 0 Å². The molecule has 0 fully saturated rings. The third kappa shape index (κ3) is 4.61. The lowest BCUT2D eigenvalue weighted by Gasteiger charge is -2.07. The second kappa shape index (κ2) is 7.45. The number of para-hydroxylation sites is 1. The Morgan fingerprint density at radius 3 is 2.52 bits per heavy atom. The second-order valence-corrected chi connectivity index (χ2v) is 4.72. The molecule has 0 unspecified atom stereocenters. The smallest absolute Gasteiger partial charge is 0.277 e. The van der Waals surface area contributed by atoms with Crippen molar-refractivity contribution in [3.8, 4) is 5.75 Å². The van der Waals surface area contributed by atoms with Gasteiger partial charge in [0.1, 0.15) is 5.75 Å². The summed E-state index contributed by atoms with van der Waals surface area (Å²) in [6.07, 6.45) is 0. The van der Waals surface area contributed by atoms with Crippen molar-refractivity contribution in [3.63, 3.8) is 0 Å². The first kappa shape index (κ1) is 15.1. The molecule has 0 radical (unpaired) electrons. The molecule has 0 bridgehead atoms. The lowest BCUT2D eigenvalue weighted by atomic mass is 10.1. The van der Waals surface area contributed by atoms with E-state index in [0.29, 0.717) is 10.8 Å². The topological polar surface area (TPSA) is 50.7 Å². The molecule has 0 heterocycles. The van der Waals surface area contributed by atoms with Gasteiger partial charge in [0.15, 0.2) is 6.61 Å². The van der Waals surface area contributed by atoms with Crippen molar-refractivity contribution in [3.05, 3.63) is 65.2 Å². The molecule has 2 aromatic carbocycles. The first-order valence-electron chi connectivity index (χ1n) is 6.42. The third-order valence-corrected chi connectivity index (χ3v) is 3.05. The Morgan fingerprint density at radius 1 is 1.14 bits per heavy atom. The summed E-state index contributed by atoms with van der Waals surface area (Å²) in [5, 5.41) is 4.50. The van der Waals surface area contributed by atoms with E-state index in [0.717, 1.165) is 11.3 Å². The van der Waals surface area contributed by atoms with E-state index in [1.165, 1.54) is 0 Å². The maximum atomic E-state index is 11.7. The fourth-order valence-electron chi connectivity index (χ4n) is 1.63. The van der Waals surface area contributed by atoms with Crippen LogP contribution in [0.2, 0.25) is 5.02 Å². The van der Waals surface area contributed by atoms with E-state index < -0.39 is 0 Å². The van der Waals surface area contributed by atoms with Crippen LogP contribution in [0.15, 0.2) is 59.7 Å². The Balaban J connectivity index is 1.87. The zero-order valence-corrected chi connectivity index (χ0v) is 12.3. The number of nitrogens with one attached hydrogen (secondary N) is 1. The minimum Gasteiger partial charge on any atom is -0.482 e. The zero-order chi connectivity index (χ0) is 15.1. The van der Waals surface area contributed by atoms with Gasteiger partial charge in [0.05, 0.1) is 10.7 Å². The van der Waals surface area contributed by atoms with Gasteiger partial charge in [0.25, 0.3) is 5.91 Å². The number of halogens is 1. The van der Waals surface area contributed by atoms with Crippen LogP contribution in [0.25, 0.3) is 0 Å². The number of hydrazone groups is 1. The van der Waals surface area contributed by atoms with Crippen LogP contribution in [0.3, 0.4) is 0 Å². The number of ether oxygens (including phenoxy) is 1. The summed E-state index contributed by atoms with van der Waals surface area (Å²) in [6, 6.07) is 16.6. The summed E-state index contributed by atoms with van der Waals surface area (Å²) in [6.45, 7) is 1.68. The first-order chi connectivity index (χ1) is 10.2. The second-order valence-electron chi connectivity index (χ2n) is 4.32. The van der Waals surface area contributed by atoms with Crippen molar-refractivity contribution in [2.24, 2.45) is 5.10 Å². The highest BCUT2D eigenvalue weighted by atomic mass is 35.5. The van der Waals surface area contributed by atoms with E-state index in [-0.39, 0.29) is 12.5 Å². The standard InChI is InChI=1S/C16H15ClN2O2/c1-12(13-7-3-2-4-8-13)18-19-16(20)11-21-15-10-6-5-9-14(15)17/h2-10H,11H2,1H3,(H,19,20). The maximum Gasteiger partial charge on any atom is 0.277 e. The predicted molar refractivity (Wildman–Crippen MR) is 83.7 cm³/mol. The molecule has 21 heavy (non-hydrogen) atoms. The summed E-state index contributed by atoms with van der Waals surface area (Å²) in [4.78, 5) is 11.7. The van der Waals surface area contributed by atoms with Crippen LogP contribution in [-0.4, -0.2) is 18.2 Å². The van der Waals surface area contributed by atoms with Crippen molar-refractivity contribution >= 4 is 23.2 Å². The van der Waals surface area contributed by atoms with Gasteiger partial charge in [-0.3, -0.25) is 4.79 Å². The molecule has 5 heteroatoms. The van der Waals surface area contributed by atoms with Crippen LogP contribution in [0.4, 0.5) is 0 Å². The van der Waals surface area contributed by atoms with Crippen LogP contribution in [0.1, 0.15) is 12.5 Å². The molecule has 0 spiro atoms. The molecule has 0 atom stereocenters. The van der Waals surface area contributed by atoms with E-state index in [1.54, 1.807) is 24.3 Å². The summed E-state index contributed by atoms with van der Waals surface area (Å²) < 4.78 is 5.32. The molecule has 2 rings (SSSR count). The monoisotopic (exact) mass is 302 g/mol. The summed E-state index contributed by atoms with van der Waals surface area (Å²) >= 11 is 5.93. The molecule has 0 aliphatic heterocycles. The van der Waals surface area contributed by atoms with Gasteiger partial charge in [-0.1, -0.05) is 54.1 Å². The van der Waals surface area contributed by atoms with Crippen molar-refractivity contribution < 1.29 is 9.53 Å². The van der Waals surface area contributed by atoms with Gasteiger partial charge in [0.2, 0.25) is 0 Å². The summed E-state index contributed by atoms with van der Waals surface area (Å²) in [7, 11) is 0. The number of nitrogens with zero attached hydrogens (tertiary/aromatic N) is 1. The molecule has 1 N–H and O–H groups in total. The molecule has 0 aliphatic carbocycles. The van der Waals surface area contributed by atoms with Gasteiger partial charge in [-0.15, -0.1) is 0 Å². The molecule has 0 aliphatic rings. The van der Waals surface area contributed by atoms with E-state index in [2.05, 4.69) is 10.5 Å². The lowest BCUT2D eigenvalue weighted by molar-refractivity contribution is -0.123. The molecule has 0 saturated carbocycles. The van der Waals surface area contributed by atoms with Crippen molar-refractivity contribution in [2.75, 3.05) is 6.61 Å². The van der Waals surface area contributed by atoms with Gasteiger partial charge < -0.3 is 4.74 Å². The molecule has 2 aromatic rings. The van der Waals surface area contributed by atoms with Crippen molar-refractivity contribution in [1.82, 2.24) is 5.43 Å². The molecule has 0 aromatic heterocycles. The summed E-state index contributed by atoms with van der Waals surface area (Å²) in [5.74, 6) is 0.128. The molecule has 108 valence electrons. The fraction of sp³-hybridized carbons (Fsp3) is 0.125.